The van der Waals surface area contributed by atoms with Gasteiger partial charge in [-0.2, -0.15) is 5.26 Å². The predicted octanol–water partition coefficient (Wildman–Crippen LogP) is 2.94. The summed E-state index contributed by atoms with van der Waals surface area (Å²) in [5.41, 5.74) is 2.85. The first-order valence-electron chi connectivity index (χ1n) is 5.53. The zero-order chi connectivity index (χ0) is 13.0. The average molecular weight is 239 g/mol. The number of allylic oxidation sites excluding steroid dienone is 1. The SMILES string of the molecule is C=C/C(=C\c1[nH]c2ncccc2c1C)OCC#N. The molecule has 0 aromatic carbocycles. The average Bonchev–Trinajstić information content (AvgIpc) is 2.72. The lowest BCUT2D eigenvalue weighted by atomic mass is 10.2. The normalized spacial score (nSPS) is 11.2. The molecule has 0 unspecified atom stereocenters. The Morgan fingerprint density at radius 2 is 2.50 bits per heavy atom. The van der Waals surface area contributed by atoms with Crippen LogP contribution in [0, 0.1) is 18.3 Å². The van der Waals surface area contributed by atoms with Crippen molar-refractivity contribution in [1.29, 1.82) is 5.26 Å². The molecule has 18 heavy (non-hydrogen) atoms. The summed E-state index contributed by atoms with van der Waals surface area (Å²) in [6, 6.07) is 5.84. The van der Waals surface area contributed by atoms with E-state index in [0.29, 0.717) is 5.76 Å². The molecule has 4 heteroatoms. The molecule has 0 saturated heterocycles. The highest BCUT2D eigenvalue weighted by atomic mass is 16.5. The number of hydrogen-bond donors (Lipinski definition) is 1. The maximum absolute atomic E-state index is 8.49. The van der Waals surface area contributed by atoms with Crippen molar-refractivity contribution in [2.75, 3.05) is 6.61 Å². The molecule has 2 aromatic heterocycles. The zero-order valence-electron chi connectivity index (χ0n) is 10.1. The van der Waals surface area contributed by atoms with Gasteiger partial charge < -0.3 is 9.72 Å². The van der Waals surface area contributed by atoms with E-state index in [4.69, 9.17) is 10.00 Å². The zero-order valence-corrected chi connectivity index (χ0v) is 10.1. The Morgan fingerprint density at radius 3 is 3.17 bits per heavy atom. The van der Waals surface area contributed by atoms with Crippen molar-refractivity contribution in [2.24, 2.45) is 0 Å². The van der Waals surface area contributed by atoms with Crippen LogP contribution in [0.2, 0.25) is 0 Å². The van der Waals surface area contributed by atoms with E-state index in [2.05, 4.69) is 16.5 Å². The molecule has 90 valence electrons. The van der Waals surface area contributed by atoms with Gasteiger partial charge in [-0.3, -0.25) is 0 Å². The minimum Gasteiger partial charge on any atom is -0.479 e. The van der Waals surface area contributed by atoms with E-state index in [1.165, 1.54) is 0 Å². The minimum absolute atomic E-state index is 0.00930. The van der Waals surface area contributed by atoms with Gasteiger partial charge in [-0.15, -0.1) is 0 Å². The Morgan fingerprint density at radius 1 is 1.67 bits per heavy atom. The molecule has 2 aromatic rings. The number of rotatable bonds is 4. The van der Waals surface area contributed by atoms with Crippen LogP contribution in [-0.2, 0) is 4.74 Å². The van der Waals surface area contributed by atoms with Crippen LogP contribution in [0.1, 0.15) is 11.3 Å². The van der Waals surface area contributed by atoms with Gasteiger partial charge in [0, 0.05) is 23.4 Å². The first-order chi connectivity index (χ1) is 8.76. The number of nitrogens with zero attached hydrogens (tertiary/aromatic N) is 2. The second-order valence-corrected chi connectivity index (χ2v) is 3.76. The summed E-state index contributed by atoms with van der Waals surface area (Å²) in [7, 11) is 0. The summed E-state index contributed by atoms with van der Waals surface area (Å²) in [5.74, 6) is 0.561. The summed E-state index contributed by atoms with van der Waals surface area (Å²) in [4.78, 5) is 7.46. The first-order valence-corrected chi connectivity index (χ1v) is 5.53. The van der Waals surface area contributed by atoms with Crippen molar-refractivity contribution in [3.63, 3.8) is 0 Å². The Balaban J connectivity index is 2.42. The number of fused-ring (bicyclic) bond motifs is 1. The van der Waals surface area contributed by atoms with Crippen LogP contribution in [-0.4, -0.2) is 16.6 Å². The summed E-state index contributed by atoms with van der Waals surface area (Å²) in [6.07, 6.45) is 5.14. The molecular weight excluding hydrogens is 226 g/mol. The maximum atomic E-state index is 8.49. The minimum atomic E-state index is 0.00930. The number of nitriles is 1. The van der Waals surface area contributed by atoms with Crippen LogP contribution >= 0.6 is 0 Å². The second kappa shape index (κ2) is 5.19. The van der Waals surface area contributed by atoms with E-state index >= 15 is 0 Å². The molecule has 0 radical (unpaired) electrons. The number of hydrogen-bond acceptors (Lipinski definition) is 3. The van der Waals surface area contributed by atoms with E-state index in [1.54, 1.807) is 12.3 Å². The van der Waals surface area contributed by atoms with E-state index in [9.17, 15) is 0 Å². The maximum Gasteiger partial charge on any atom is 0.174 e. The number of pyridine rings is 1. The van der Waals surface area contributed by atoms with Gasteiger partial charge >= 0.3 is 0 Å². The fraction of sp³-hybridized carbons (Fsp3) is 0.143. The van der Waals surface area contributed by atoms with Crippen LogP contribution in [0.25, 0.3) is 17.1 Å². The number of aromatic amines is 1. The number of ether oxygens (including phenoxy) is 1. The van der Waals surface area contributed by atoms with Crippen molar-refractivity contribution >= 4 is 17.1 Å². The number of H-pyrrole nitrogens is 1. The lowest BCUT2D eigenvalue weighted by molar-refractivity contribution is 0.269. The highest BCUT2D eigenvalue weighted by Gasteiger charge is 2.06. The Labute approximate surface area is 105 Å². The van der Waals surface area contributed by atoms with E-state index in [-0.39, 0.29) is 6.61 Å². The molecule has 0 amide bonds. The number of aromatic nitrogens is 2. The standard InChI is InChI=1S/C14H13N3O/c1-3-11(18-8-6-15)9-13-10(2)12-5-4-7-16-14(12)17-13/h3-5,7,9H,1,8H2,2H3,(H,16,17)/b11-9+. The van der Waals surface area contributed by atoms with Gasteiger partial charge in [0.2, 0.25) is 0 Å². The fourth-order valence-electron chi connectivity index (χ4n) is 1.74. The van der Waals surface area contributed by atoms with Crippen molar-refractivity contribution in [3.8, 4) is 6.07 Å². The monoisotopic (exact) mass is 239 g/mol. The van der Waals surface area contributed by atoms with Crippen LogP contribution < -0.4 is 0 Å². The van der Waals surface area contributed by atoms with Gasteiger partial charge in [-0.05, 0) is 30.7 Å². The van der Waals surface area contributed by atoms with Crippen molar-refractivity contribution in [1.82, 2.24) is 9.97 Å². The van der Waals surface area contributed by atoms with Gasteiger partial charge in [-0.25, -0.2) is 4.98 Å². The summed E-state index contributed by atoms with van der Waals surface area (Å²) < 4.78 is 5.24. The molecule has 0 aliphatic heterocycles. The van der Waals surface area contributed by atoms with Gasteiger partial charge in [0.1, 0.15) is 17.5 Å². The van der Waals surface area contributed by atoms with Crippen LogP contribution in [0.5, 0.6) is 0 Å². The van der Waals surface area contributed by atoms with E-state index < -0.39 is 0 Å². The van der Waals surface area contributed by atoms with Crippen LogP contribution in [0.4, 0.5) is 0 Å². The van der Waals surface area contributed by atoms with Crippen molar-refractivity contribution < 1.29 is 4.74 Å². The lowest BCUT2D eigenvalue weighted by Gasteiger charge is -2.01. The van der Waals surface area contributed by atoms with Gasteiger partial charge in [0.05, 0.1) is 0 Å². The first kappa shape index (κ1) is 11.9. The van der Waals surface area contributed by atoms with E-state index in [1.807, 2.05) is 31.2 Å². The summed E-state index contributed by atoms with van der Waals surface area (Å²) in [5, 5.41) is 9.57. The molecule has 2 heterocycles. The fourth-order valence-corrected chi connectivity index (χ4v) is 1.74. The quantitative estimate of drug-likeness (QED) is 0.659. The molecular formula is C14H13N3O. The Kier molecular flexibility index (Phi) is 3.44. The van der Waals surface area contributed by atoms with Crippen molar-refractivity contribution in [2.45, 2.75) is 6.92 Å². The molecule has 0 bridgehead atoms. The highest BCUT2D eigenvalue weighted by Crippen LogP contribution is 2.21. The highest BCUT2D eigenvalue weighted by molar-refractivity contribution is 5.84. The smallest absolute Gasteiger partial charge is 0.174 e. The van der Waals surface area contributed by atoms with Gasteiger partial charge in [0.15, 0.2) is 6.61 Å². The third-order valence-corrected chi connectivity index (χ3v) is 2.66. The third kappa shape index (κ3) is 2.25. The second-order valence-electron chi connectivity index (χ2n) is 3.76. The molecule has 0 fully saturated rings. The molecule has 0 atom stereocenters. The molecule has 0 spiro atoms. The van der Waals surface area contributed by atoms with Gasteiger partial charge in [-0.1, -0.05) is 6.58 Å². The topological polar surface area (TPSA) is 61.7 Å². The molecule has 0 aliphatic rings. The lowest BCUT2D eigenvalue weighted by Crippen LogP contribution is -1.90. The largest absolute Gasteiger partial charge is 0.479 e. The molecule has 2 rings (SSSR count). The molecule has 1 N–H and O–H groups in total. The molecule has 4 nitrogen and oxygen atoms in total. The predicted molar refractivity (Wildman–Crippen MR) is 70.6 cm³/mol. The van der Waals surface area contributed by atoms with E-state index in [0.717, 1.165) is 22.3 Å². The third-order valence-electron chi connectivity index (χ3n) is 2.66. The van der Waals surface area contributed by atoms with Gasteiger partial charge in [0.25, 0.3) is 0 Å². The Hall–Kier alpha value is -2.54. The summed E-state index contributed by atoms with van der Waals surface area (Å²) >= 11 is 0. The molecule has 0 saturated carbocycles. The molecule has 0 aliphatic carbocycles. The van der Waals surface area contributed by atoms with Crippen molar-refractivity contribution in [3.05, 3.63) is 48.0 Å². The number of nitrogens with one attached hydrogen (secondary N) is 1. The summed E-state index contributed by atoms with van der Waals surface area (Å²) in [6.45, 7) is 5.68. The van der Waals surface area contributed by atoms with Crippen LogP contribution in [0.15, 0.2) is 36.7 Å². The van der Waals surface area contributed by atoms with Crippen LogP contribution in [0.3, 0.4) is 0 Å². The Bertz CT molecular complexity index is 647. The number of aryl methyl sites for hydroxylation is 1.